The zero-order valence-electron chi connectivity index (χ0n) is 16.2. The van der Waals surface area contributed by atoms with E-state index in [2.05, 4.69) is 0 Å². The van der Waals surface area contributed by atoms with Gasteiger partial charge >= 0.3 is 5.97 Å². The van der Waals surface area contributed by atoms with Gasteiger partial charge in [-0.25, -0.2) is 0 Å². The topological polar surface area (TPSA) is 97.4 Å². The third-order valence-electron chi connectivity index (χ3n) is 4.65. The fourth-order valence-electron chi connectivity index (χ4n) is 3.10. The van der Waals surface area contributed by atoms with Crippen LogP contribution in [0.15, 0.2) is 36.4 Å². The number of carbonyl (C=O) groups excluding carboxylic acids is 3. The van der Waals surface area contributed by atoms with Crippen LogP contribution in [0.1, 0.15) is 33.6 Å². The molecule has 2 heterocycles. The number of fused-ring (bicyclic) bond motifs is 2. The van der Waals surface area contributed by atoms with Crippen molar-refractivity contribution in [1.82, 2.24) is 0 Å². The fraction of sp³-hybridized carbons (Fsp3) is 0.318. The fourth-order valence-corrected chi connectivity index (χ4v) is 3.10. The minimum absolute atomic E-state index is 0.0311. The van der Waals surface area contributed by atoms with Crippen molar-refractivity contribution in [3.63, 3.8) is 0 Å². The molecule has 0 fully saturated rings. The average molecular weight is 412 g/mol. The van der Waals surface area contributed by atoms with E-state index in [1.165, 1.54) is 0 Å². The molecular formula is C22H20O8. The normalized spacial score (nSPS) is 14.0. The van der Waals surface area contributed by atoms with Crippen LogP contribution in [-0.2, 0) is 9.53 Å². The monoisotopic (exact) mass is 412 g/mol. The minimum Gasteiger partial charge on any atom is -0.486 e. The molecule has 8 heteroatoms. The van der Waals surface area contributed by atoms with Gasteiger partial charge in [0.1, 0.15) is 26.4 Å². The summed E-state index contributed by atoms with van der Waals surface area (Å²) in [6.45, 7) is 1.36. The van der Waals surface area contributed by atoms with E-state index < -0.39 is 12.6 Å². The number of esters is 1. The van der Waals surface area contributed by atoms with Crippen LogP contribution in [0.25, 0.3) is 0 Å². The number of ether oxygens (including phenoxy) is 5. The molecule has 0 N–H and O–H groups in total. The lowest BCUT2D eigenvalue weighted by molar-refractivity contribution is -0.142. The molecule has 0 saturated heterocycles. The molecule has 2 aliphatic heterocycles. The second kappa shape index (κ2) is 8.86. The van der Waals surface area contributed by atoms with Crippen molar-refractivity contribution in [2.75, 3.05) is 33.0 Å². The molecule has 0 unspecified atom stereocenters. The molecule has 0 radical (unpaired) electrons. The standard InChI is InChI=1S/C22H20O8/c23-16(14-1-4-18-20(11-14)28-9-7-26-18)3-6-22(25)30-13-17(24)15-2-5-19-21(12-15)29-10-8-27-19/h1-2,4-5,11-12H,3,6-10,13H2. The smallest absolute Gasteiger partial charge is 0.306 e. The number of ketones is 2. The Balaban J connectivity index is 1.26. The lowest BCUT2D eigenvalue weighted by Crippen LogP contribution is -2.18. The maximum Gasteiger partial charge on any atom is 0.306 e. The van der Waals surface area contributed by atoms with E-state index in [-0.39, 0.29) is 24.4 Å². The largest absolute Gasteiger partial charge is 0.486 e. The van der Waals surface area contributed by atoms with E-state index in [1.807, 2.05) is 0 Å². The average Bonchev–Trinajstić information content (AvgIpc) is 2.80. The third-order valence-corrected chi connectivity index (χ3v) is 4.65. The summed E-state index contributed by atoms with van der Waals surface area (Å²) < 4.78 is 26.8. The van der Waals surface area contributed by atoms with Crippen molar-refractivity contribution in [1.29, 1.82) is 0 Å². The summed E-state index contributed by atoms with van der Waals surface area (Å²) in [7, 11) is 0. The number of benzene rings is 2. The van der Waals surface area contributed by atoms with E-state index >= 15 is 0 Å². The second-order valence-corrected chi connectivity index (χ2v) is 6.72. The van der Waals surface area contributed by atoms with Gasteiger partial charge in [0.15, 0.2) is 41.2 Å². The van der Waals surface area contributed by atoms with Crippen molar-refractivity contribution >= 4 is 17.5 Å². The van der Waals surface area contributed by atoms with E-state index in [4.69, 9.17) is 23.7 Å². The quantitative estimate of drug-likeness (QED) is 0.506. The first-order valence-electron chi connectivity index (χ1n) is 9.61. The highest BCUT2D eigenvalue weighted by Gasteiger charge is 2.18. The first-order chi connectivity index (χ1) is 14.6. The Morgan fingerprint density at radius 1 is 0.667 bits per heavy atom. The zero-order chi connectivity index (χ0) is 20.9. The highest BCUT2D eigenvalue weighted by Crippen LogP contribution is 2.32. The van der Waals surface area contributed by atoms with Crippen LogP contribution in [0.3, 0.4) is 0 Å². The van der Waals surface area contributed by atoms with Gasteiger partial charge in [0.2, 0.25) is 0 Å². The van der Waals surface area contributed by atoms with Crippen molar-refractivity contribution in [2.24, 2.45) is 0 Å². The predicted octanol–water partition coefficient (Wildman–Crippen LogP) is 2.62. The number of Topliss-reactive ketones (excluding diaryl/α,β-unsaturated/α-hetero) is 2. The zero-order valence-corrected chi connectivity index (χ0v) is 16.2. The molecule has 156 valence electrons. The first-order valence-corrected chi connectivity index (χ1v) is 9.61. The Hall–Kier alpha value is -3.55. The molecule has 0 amide bonds. The molecule has 0 bridgehead atoms. The third kappa shape index (κ3) is 4.53. The summed E-state index contributed by atoms with van der Waals surface area (Å²) in [6.07, 6.45) is -0.154. The molecule has 0 aliphatic carbocycles. The van der Waals surface area contributed by atoms with E-state index in [1.54, 1.807) is 36.4 Å². The van der Waals surface area contributed by atoms with Gasteiger partial charge in [-0.3, -0.25) is 14.4 Å². The van der Waals surface area contributed by atoms with Gasteiger partial charge in [-0.05, 0) is 36.4 Å². The van der Waals surface area contributed by atoms with Crippen molar-refractivity contribution < 1.29 is 38.1 Å². The Morgan fingerprint density at radius 3 is 1.73 bits per heavy atom. The second-order valence-electron chi connectivity index (χ2n) is 6.72. The Labute approximate surface area is 172 Å². The Bertz CT molecular complexity index is 904. The molecule has 2 aromatic rings. The molecule has 0 spiro atoms. The highest BCUT2D eigenvalue weighted by molar-refractivity contribution is 6.00. The van der Waals surface area contributed by atoms with Crippen molar-refractivity contribution in [3.05, 3.63) is 47.5 Å². The molecule has 30 heavy (non-hydrogen) atoms. The van der Waals surface area contributed by atoms with Gasteiger partial charge in [-0.15, -0.1) is 0 Å². The summed E-state index contributed by atoms with van der Waals surface area (Å²) >= 11 is 0. The van der Waals surface area contributed by atoms with Crippen LogP contribution < -0.4 is 18.9 Å². The van der Waals surface area contributed by atoms with Crippen LogP contribution in [0.4, 0.5) is 0 Å². The lowest BCUT2D eigenvalue weighted by Gasteiger charge is -2.18. The number of hydrogen-bond donors (Lipinski definition) is 0. The SMILES string of the molecule is O=C(CCC(=O)c1ccc2c(c1)OCCO2)OCC(=O)c1ccc2c(c1)OCCO2. The molecule has 4 rings (SSSR count). The summed E-state index contributed by atoms with van der Waals surface area (Å²) in [4.78, 5) is 36.6. The molecule has 0 saturated carbocycles. The highest BCUT2D eigenvalue weighted by atomic mass is 16.6. The summed E-state index contributed by atoms with van der Waals surface area (Å²) in [6, 6.07) is 9.72. The maximum atomic E-state index is 12.3. The van der Waals surface area contributed by atoms with Crippen LogP contribution in [0, 0.1) is 0 Å². The maximum absolute atomic E-state index is 12.3. The van der Waals surface area contributed by atoms with E-state index in [9.17, 15) is 14.4 Å². The van der Waals surface area contributed by atoms with Crippen LogP contribution in [-0.4, -0.2) is 50.6 Å². The Kier molecular flexibility index (Phi) is 5.83. The molecule has 8 nitrogen and oxygen atoms in total. The van der Waals surface area contributed by atoms with Crippen LogP contribution in [0.2, 0.25) is 0 Å². The molecular weight excluding hydrogens is 392 g/mol. The van der Waals surface area contributed by atoms with Gasteiger partial charge in [-0.1, -0.05) is 0 Å². The molecule has 0 atom stereocenters. The van der Waals surface area contributed by atoms with Gasteiger partial charge in [-0.2, -0.15) is 0 Å². The minimum atomic E-state index is -0.619. The van der Waals surface area contributed by atoms with Crippen molar-refractivity contribution in [3.8, 4) is 23.0 Å². The van der Waals surface area contributed by atoms with Crippen LogP contribution >= 0.6 is 0 Å². The molecule has 0 aromatic heterocycles. The molecule has 2 aromatic carbocycles. The van der Waals surface area contributed by atoms with Gasteiger partial charge in [0.05, 0.1) is 6.42 Å². The van der Waals surface area contributed by atoms with E-state index in [0.29, 0.717) is 60.6 Å². The number of hydrogen-bond acceptors (Lipinski definition) is 8. The van der Waals surface area contributed by atoms with E-state index in [0.717, 1.165) is 0 Å². The summed E-state index contributed by atoms with van der Waals surface area (Å²) in [5, 5.41) is 0. The van der Waals surface area contributed by atoms with Gasteiger partial charge in [0, 0.05) is 17.5 Å². The number of carbonyl (C=O) groups is 3. The van der Waals surface area contributed by atoms with Gasteiger partial charge in [0.25, 0.3) is 0 Å². The predicted molar refractivity (Wildman–Crippen MR) is 104 cm³/mol. The van der Waals surface area contributed by atoms with Crippen LogP contribution in [0.5, 0.6) is 23.0 Å². The first kappa shape index (κ1) is 19.8. The number of rotatable bonds is 7. The summed E-state index contributed by atoms with van der Waals surface area (Å²) in [5.74, 6) is 0.970. The molecule has 2 aliphatic rings. The lowest BCUT2D eigenvalue weighted by atomic mass is 10.1. The Morgan fingerprint density at radius 2 is 1.17 bits per heavy atom. The van der Waals surface area contributed by atoms with Crippen molar-refractivity contribution in [2.45, 2.75) is 12.8 Å². The summed E-state index contributed by atoms with van der Waals surface area (Å²) in [5.41, 5.74) is 0.791. The van der Waals surface area contributed by atoms with Gasteiger partial charge < -0.3 is 23.7 Å².